The zero-order valence-corrected chi connectivity index (χ0v) is 10.1. The van der Waals surface area contributed by atoms with Gasteiger partial charge in [0.25, 0.3) is 0 Å². The lowest BCUT2D eigenvalue weighted by atomic mass is 10.0. The third kappa shape index (κ3) is 1.84. The molecule has 0 spiro atoms. The van der Waals surface area contributed by atoms with Gasteiger partial charge >= 0.3 is 0 Å². The molecule has 1 amide bonds. The molecule has 0 radical (unpaired) electrons. The second-order valence-corrected chi connectivity index (χ2v) is 4.99. The standard InChI is InChI=1S/C12H18N4O/c1-15-8-10(7-14-15)11-3-2-4-16(11)12(17)9-5-13-6-9/h7-9,11,13H,2-6H2,1H3. The first-order chi connectivity index (χ1) is 8.25. The van der Waals surface area contributed by atoms with Crippen molar-refractivity contribution in [3.63, 3.8) is 0 Å². The second-order valence-electron chi connectivity index (χ2n) is 4.99. The van der Waals surface area contributed by atoms with Gasteiger partial charge in [-0.15, -0.1) is 0 Å². The maximum Gasteiger partial charge on any atom is 0.228 e. The fraction of sp³-hybridized carbons (Fsp3) is 0.667. The van der Waals surface area contributed by atoms with Gasteiger partial charge in [-0.1, -0.05) is 0 Å². The molecule has 92 valence electrons. The Balaban J connectivity index is 1.77. The van der Waals surface area contributed by atoms with Crippen LogP contribution in [0.1, 0.15) is 24.4 Å². The summed E-state index contributed by atoms with van der Waals surface area (Å²) in [5.74, 6) is 0.516. The van der Waals surface area contributed by atoms with Crippen molar-refractivity contribution in [2.24, 2.45) is 13.0 Å². The van der Waals surface area contributed by atoms with E-state index in [1.165, 1.54) is 5.56 Å². The average molecular weight is 234 g/mol. The summed E-state index contributed by atoms with van der Waals surface area (Å²) in [6, 6.07) is 0.247. The van der Waals surface area contributed by atoms with Crippen LogP contribution in [0.2, 0.25) is 0 Å². The predicted molar refractivity (Wildman–Crippen MR) is 63.3 cm³/mol. The quantitative estimate of drug-likeness (QED) is 0.801. The normalized spacial score (nSPS) is 25.0. The van der Waals surface area contributed by atoms with Crippen molar-refractivity contribution in [3.8, 4) is 0 Å². The van der Waals surface area contributed by atoms with Gasteiger partial charge < -0.3 is 10.2 Å². The third-order valence-corrected chi connectivity index (χ3v) is 3.78. The molecule has 2 aliphatic heterocycles. The highest BCUT2D eigenvalue weighted by atomic mass is 16.2. The molecule has 1 atom stereocenters. The minimum Gasteiger partial charge on any atom is -0.335 e. The monoisotopic (exact) mass is 234 g/mol. The Labute approximate surface area is 101 Å². The molecular weight excluding hydrogens is 216 g/mol. The molecule has 0 saturated carbocycles. The highest BCUT2D eigenvalue weighted by molar-refractivity contribution is 5.81. The first-order valence-electron chi connectivity index (χ1n) is 6.25. The van der Waals surface area contributed by atoms with E-state index in [0.717, 1.165) is 32.5 Å². The topological polar surface area (TPSA) is 50.2 Å². The molecule has 1 aromatic heterocycles. The zero-order chi connectivity index (χ0) is 11.8. The van der Waals surface area contributed by atoms with Crippen LogP contribution < -0.4 is 5.32 Å². The van der Waals surface area contributed by atoms with Crippen molar-refractivity contribution in [3.05, 3.63) is 18.0 Å². The smallest absolute Gasteiger partial charge is 0.228 e. The molecule has 2 saturated heterocycles. The van der Waals surface area contributed by atoms with E-state index in [-0.39, 0.29) is 12.0 Å². The molecule has 5 nitrogen and oxygen atoms in total. The van der Waals surface area contributed by atoms with E-state index >= 15 is 0 Å². The van der Waals surface area contributed by atoms with Gasteiger partial charge in [0.1, 0.15) is 0 Å². The van der Waals surface area contributed by atoms with E-state index in [0.29, 0.717) is 5.91 Å². The fourth-order valence-corrected chi connectivity index (χ4v) is 2.69. The Kier molecular flexibility index (Phi) is 2.63. The Morgan fingerprint density at radius 3 is 2.94 bits per heavy atom. The molecule has 2 fully saturated rings. The zero-order valence-electron chi connectivity index (χ0n) is 10.1. The van der Waals surface area contributed by atoms with Crippen LogP contribution in [0.5, 0.6) is 0 Å². The van der Waals surface area contributed by atoms with Crippen LogP contribution in [0.25, 0.3) is 0 Å². The molecule has 0 bridgehead atoms. The largest absolute Gasteiger partial charge is 0.335 e. The van der Waals surface area contributed by atoms with Gasteiger partial charge in [0.05, 0.1) is 18.2 Å². The summed E-state index contributed by atoms with van der Waals surface area (Å²) in [7, 11) is 1.92. The summed E-state index contributed by atoms with van der Waals surface area (Å²) < 4.78 is 1.81. The molecule has 2 aliphatic rings. The van der Waals surface area contributed by atoms with Gasteiger partial charge in [0, 0.05) is 38.4 Å². The second kappa shape index (κ2) is 4.14. The Hall–Kier alpha value is -1.36. The highest BCUT2D eigenvalue weighted by Crippen LogP contribution is 2.33. The van der Waals surface area contributed by atoms with Crippen molar-refractivity contribution in [1.82, 2.24) is 20.0 Å². The van der Waals surface area contributed by atoms with Gasteiger partial charge in [-0.3, -0.25) is 9.48 Å². The maximum absolute atomic E-state index is 12.3. The predicted octanol–water partition coefficient (Wildman–Crippen LogP) is 0.303. The van der Waals surface area contributed by atoms with Crippen LogP contribution in [0.15, 0.2) is 12.4 Å². The number of aromatic nitrogens is 2. The molecule has 0 aromatic carbocycles. The number of rotatable bonds is 2. The van der Waals surface area contributed by atoms with Crippen LogP contribution in [0, 0.1) is 5.92 Å². The van der Waals surface area contributed by atoms with E-state index in [1.54, 1.807) is 4.68 Å². The first-order valence-corrected chi connectivity index (χ1v) is 6.25. The summed E-state index contributed by atoms with van der Waals surface area (Å²) >= 11 is 0. The molecule has 1 aromatic rings. The molecule has 1 N–H and O–H groups in total. The summed E-state index contributed by atoms with van der Waals surface area (Å²) in [6.07, 6.45) is 6.08. The van der Waals surface area contributed by atoms with Crippen LogP contribution >= 0.6 is 0 Å². The minimum absolute atomic E-state index is 0.201. The number of carbonyl (C=O) groups excluding carboxylic acids is 1. The lowest BCUT2D eigenvalue weighted by Gasteiger charge is -2.33. The van der Waals surface area contributed by atoms with Crippen molar-refractivity contribution in [1.29, 1.82) is 0 Å². The van der Waals surface area contributed by atoms with Gasteiger partial charge in [-0.25, -0.2) is 0 Å². The van der Waals surface area contributed by atoms with Crippen molar-refractivity contribution >= 4 is 5.91 Å². The van der Waals surface area contributed by atoms with E-state index in [4.69, 9.17) is 0 Å². The van der Waals surface area contributed by atoms with Crippen molar-refractivity contribution in [2.45, 2.75) is 18.9 Å². The third-order valence-electron chi connectivity index (χ3n) is 3.78. The number of nitrogens with zero attached hydrogens (tertiary/aromatic N) is 3. The highest BCUT2D eigenvalue weighted by Gasteiger charge is 2.36. The SMILES string of the molecule is Cn1cc(C2CCCN2C(=O)C2CNC2)cn1. The minimum atomic E-state index is 0.201. The number of amides is 1. The first kappa shape index (κ1) is 10.8. The van der Waals surface area contributed by atoms with Gasteiger partial charge in [-0.05, 0) is 12.8 Å². The summed E-state index contributed by atoms with van der Waals surface area (Å²) in [5, 5.41) is 7.36. The van der Waals surface area contributed by atoms with E-state index in [9.17, 15) is 4.79 Å². The van der Waals surface area contributed by atoms with Crippen LogP contribution in [-0.2, 0) is 11.8 Å². The van der Waals surface area contributed by atoms with Gasteiger partial charge in [0.15, 0.2) is 0 Å². The molecule has 3 rings (SSSR count). The number of aryl methyl sites for hydroxylation is 1. The van der Waals surface area contributed by atoms with E-state index in [2.05, 4.69) is 10.4 Å². The van der Waals surface area contributed by atoms with Crippen LogP contribution in [0.4, 0.5) is 0 Å². The summed E-state index contributed by atoms with van der Waals surface area (Å²) in [5.41, 5.74) is 1.17. The van der Waals surface area contributed by atoms with Gasteiger partial charge in [-0.2, -0.15) is 5.10 Å². The fourth-order valence-electron chi connectivity index (χ4n) is 2.69. The Morgan fingerprint density at radius 1 is 1.53 bits per heavy atom. The molecular formula is C12H18N4O. The maximum atomic E-state index is 12.3. The Bertz CT molecular complexity index is 424. The molecule has 17 heavy (non-hydrogen) atoms. The van der Waals surface area contributed by atoms with E-state index in [1.807, 2.05) is 24.3 Å². The lowest BCUT2D eigenvalue weighted by molar-refractivity contribution is -0.138. The van der Waals surface area contributed by atoms with Crippen LogP contribution in [0.3, 0.4) is 0 Å². The number of carbonyl (C=O) groups is 1. The Morgan fingerprint density at radius 2 is 2.35 bits per heavy atom. The molecule has 3 heterocycles. The van der Waals surface area contributed by atoms with Crippen molar-refractivity contribution in [2.75, 3.05) is 19.6 Å². The molecule has 0 aliphatic carbocycles. The number of hydrogen-bond donors (Lipinski definition) is 1. The lowest BCUT2D eigenvalue weighted by Crippen LogP contribution is -2.51. The number of nitrogens with one attached hydrogen (secondary N) is 1. The van der Waals surface area contributed by atoms with E-state index < -0.39 is 0 Å². The average Bonchev–Trinajstić information content (AvgIpc) is 2.81. The van der Waals surface area contributed by atoms with Crippen LogP contribution in [-0.4, -0.2) is 40.2 Å². The van der Waals surface area contributed by atoms with Crippen molar-refractivity contribution < 1.29 is 4.79 Å². The van der Waals surface area contributed by atoms with Gasteiger partial charge in [0.2, 0.25) is 5.91 Å². The molecule has 1 unspecified atom stereocenters. The summed E-state index contributed by atoms with van der Waals surface area (Å²) in [6.45, 7) is 2.58. The molecule has 5 heteroatoms. The summed E-state index contributed by atoms with van der Waals surface area (Å²) in [4.78, 5) is 14.3. The number of hydrogen-bond acceptors (Lipinski definition) is 3. The number of likely N-dealkylation sites (tertiary alicyclic amines) is 1.